The van der Waals surface area contributed by atoms with E-state index in [1.54, 1.807) is 0 Å². The van der Waals surface area contributed by atoms with Crippen molar-refractivity contribution in [1.29, 1.82) is 0 Å². The third-order valence-electron chi connectivity index (χ3n) is 2.77. The smallest absolute Gasteiger partial charge is 0.229 e. The van der Waals surface area contributed by atoms with Crippen molar-refractivity contribution >= 4 is 11.6 Å². The third kappa shape index (κ3) is 4.88. The van der Waals surface area contributed by atoms with Crippen LogP contribution >= 0.6 is 0 Å². The van der Waals surface area contributed by atoms with Gasteiger partial charge in [-0.2, -0.15) is 0 Å². The predicted octanol–water partition coefficient (Wildman–Crippen LogP) is 3.25. The summed E-state index contributed by atoms with van der Waals surface area (Å²) in [4.78, 5) is 14.0. The molecule has 0 heterocycles. The molecular weight excluding hydrogens is 226 g/mol. The van der Waals surface area contributed by atoms with E-state index in [2.05, 4.69) is 6.92 Å². The van der Waals surface area contributed by atoms with Crippen LogP contribution in [-0.2, 0) is 9.53 Å². The second kappa shape index (κ2) is 8.70. The number of anilines is 1. The lowest BCUT2D eigenvalue weighted by Crippen LogP contribution is -2.32. The number of hydrogen-bond acceptors (Lipinski definition) is 2. The van der Waals surface area contributed by atoms with Crippen molar-refractivity contribution in [3.05, 3.63) is 30.3 Å². The number of nitrogens with zero attached hydrogens (tertiary/aromatic N) is 1. The van der Waals surface area contributed by atoms with Crippen LogP contribution in [0.25, 0.3) is 0 Å². The Morgan fingerprint density at radius 3 is 2.56 bits per heavy atom. The fraction of sp³-hybridized carbons (Fsp3) is 0.533. The van der Waals surface area contributed by atoms with Crippen molar-refractivity contribution in [1.82, 2.24) is 0 Å². The molecule has 3 heteroatoms. The third-order valence-corrected chi connectivity index (χ3v) is 2.77. The lowest BCUT2D eigenvalue weighted by molar-refractivity contribution is -0.119. The summed E-state index contributed by atoms with van der Waals surface area (Å²) in [5.74, 6) is 0.142. The number of amides is 1. The van der Waals surface area contributed by atoms with Gasteiger partial charge in [0.2, 0.25) is 5.91 Å². The molecule has 100 valence electrons. The molecule has 0 aliphatic rings. The Morgan fingerprint density at radius 1 is 1.22 bits per heavy atom. The van der Waals surface area contributed by atoms with Crippen LogP contribution in [0.4, 0.5) is 5.69 Å². The highest BCUT2D eigenvalue weighted by molar-refractivity contribution is 5.93. The molecule has 0 bridgehead atoms. The quantitative estimate of drug-likeness (QED) is 0.662. The molecule has 0 aromatic heterocycles. The first-order valence-electron chi connectivity index (χ1n) is 6.72. The van der Waals surface area contributed by atoms with E-state index in [0.717, 1.165) is 25.1 Å². The average molecular weight is 249 g/mol. The van der Waals surface area contributed by atoms with E-state index < -0.39 is 0 Å². The molecule has 0 radical (unpaired) electrons. The summed E-state index contributed by atoms with van der Waals surface area (Å²) in [6, 6.07) is 9.85. The van der Waals surface area contributed by atoms with Crippen LogP contribution < -0.4 is 4.90 Å². The monoisotopic (exact) mass is 249 g/mol. The molecular formula is C15H23NO2. The van der Waals surface area contributed by atoms with Crippen LogP contribution in [-0.4, -0.2) is 25.7 Å². The summed E-state index contributed by atoms with van der Waals surface area (Å²) < 4.78 is 5.25. The highest BCUT2D eigenvalue weighted by Gasteiger charge is 2.14. The van der Waals surface area contributed by atoms with Gasteiger partial charge in [-0.15, -0.1) is 0 Å². The zero-order valence-corrected chi connectivity index (χ0v) is 11.4. The van der Waals surface area contributed by atoms with Gasteiger partial charge in [-0.1, -0.05) is 31.5 Å². The first-order valence-corrected chi connectivity index (χ1v) is 6.72. The van der Waals surface area contributed by atoms with Crippen molar-refractivity contribution < 1.29 is 9.53 Å². The van der Waals surface area contributed by atoms with Crippen LogP contribution in [0.1, 0.15) is 33.1 Å². The number of hydrogen-bond donors (Lipinski definition) is 0. The second-order valence-electron chi connectivity index (χ2n) is 4.18. The summed E-state index contributed by atoms with van der Waals surface area (Å²) in [6.07, 6.45) is 2.56. The Labute approximate surface area is 110 Å². The van der Waals surface area contributed by atoms with Crippen molar-refractivity contribution in [2.45, 2.75) is 33.1 Å². The van der Waals surface area contributed by atoms with Gasteiger partial charge in [0.1, 0.15) is 0 Å². The Kier molecular flexibility index (Phi) is 7.11. The number of rotatable bonds is 8. The summed E-state index contributed by atoms with van der Waals surface area (Å²) in [6.45, 7) is 6.02. The lowest BCUT2D eigenvalue weighted by Gasteiger charge is -2.22. The first kappa shape index (κ1) is 14.7. The Balaban J connectivity index is 2.63. The van der Waals surface area contributed by atoms with Gasteiger partial charge >= 0.3 is 0 Å². The molecule has 1 aromatic rings. The Morgan fingerprint density at radius 2 is 1.94 bits per heavy atom. The number of para-hydroxylation sites is 1. The van der Waals surface area contributed by atoms with Crippen LogP contribution in [0.3, 0.4) is 0 Å². The van der Waals surface area contributed by atoms with Crippen molar-refractivity contribution in [2.75, 3.05) is 24.7 Å². The second-order valence-corrected chi connectivity index (χ2v) is 4.18. The first-order chi connectivity index (χ1) is 8.79. The van der Waals surface area contributed by atoms with E-state index in [9.17, 15) is 4.79 Å². The fourth-order valence-corrected chi connectivity index (χ4v) is 1.76. The molecule has 0 unspecified atom stereocenters. The van der Waals surface area contributed by atoms with Gasteiger partial charge in [-0.25, -0.2) is 0 Å². The minimum absolute atomic E-state index is 0.142. The molecule has 0 spiro atoms. The van der Waals surface area contributed by atoms with Crippen molar-refractivity contribution in [3.8, 4) is 0 Å². The summed E-state index contributed by atoms with van der Waals surface area (Å²) in [5, 5.41) is 0. The molecule has 18 heavy (non-hydrogen) atoms. The SMILES string of the molecule is CCCCN(C(=O)CCOCC)c1ccccc1. The topological polar surface area (TPSA) is 29.5 Å². The number of carbonyl (C=O) groups excluding carboxylic acids is 1. The number of carbonyl (C=O) groups is 1. The average Bonchev–Trinajstić information content (AvgIpc) is 2.41. The number of unbranched alkanes of at least 4 members (excludes halogenated alkanes) is 1. The van der Waals surface area contributed by atoms with Gasteiger partial charge in [0.05, 0.1) is 13.0 Å². The number of ether oxygens (including phenoxy) is 1. The van der Waals surface area contributed by atoms with E-state index in [4.69, 9.17) is 4.74 Å². The van der Waals surface area contributed by atoms with Crippen LogP contribution in [0.5, 0.6) is 0 Å². The molecule has 1 amide bonds. The van der Waals surface area contributed by atoms with Crippen LogP contribution in [0.15, 0.2) is 30.3 Å². The van der Waals surface area contributed by atoms with E-state index in [1.165, 1.54) is 0 Å². The highest BCUT2D eigenvalue weighted by atomic mass is 16.5. The van der Waals surface area contributed by atoms with E-state index >= 15 is 0 Å². The maximum Gasteiger partial charge on any atom is 0.229 e. The normalized spacial score (nSPS) is 10.3. The van der Waals surface area contributed by atoms with Gasteiger partial charge in [-0.05, 0) is 25.5 Å². The molecule has 3 nitrogen and oxygen atoms in total. The largest absolute Gasteiger partial charge is 0.381 e. The van der Waals surface area contributed by atoms with Crippen molar-refractivity contribution in [2.24, 2.45) is 0 Å². The molecule has 1 rings (SSSR count). The molecule has 0 atom stereocenters. The highest BCUT2D eigenvalue weighted by Crippen LogP contribution is 2.15. The van der Waals surface area contributed by atoms with E-state index in [1.807, 2.05) is 42.2 Å². The Hall–Kier alpha value is -1.35. The molecule has 0 aliphatic heterocycles. The molecule has 1 aromatic carbocycles. The zero-order chi connectivity index (χ0) is 13.2. The van der Waals surface area contributed by atoms with Crippen molar-refractivity contribution in [3.63, 3.8) is 0 Å². The molecule has 0 saturated carbocycles. The van der Waals surface area contributed by atoms with E-state index in [0.29, 0.717) is 19.6 Å². The maximum absolute atomic E-state index is 12.2. The van der Waals surface area contributed by atoms with Gasteiger partial charge in [-0.3, -0.25) is 4.79 Å². The fourth-order valence-electron chi connectivity index (χ4n) is 1.76. The summed E-state index contributed by atoms with van der Waals surface area (Å²) in [7, 11) is 0. The molecule has 0 saturated heterocycles. The van der Waals surface area contributed by atoms with Gasteiger partial charge in [0.25, 0.3) is 0 Å². The van der Waals surface area contributed by atoms with Gasteiger partial charge < -0.3 is 9.64 Å². The zero-order valence-electron chi connectivity index (χ0n) is 11.4. The molecule has 0 aliphatic carbocycles. The molecule has 0 fully saturated rings. The standard InChI is InChI=1S/C15H23NO2/c1-3-5-12-16(14-9-7-6-8-10-14)15(17)11-13-18-4-2/h6-10H,3-5,11-13H2,1-2H3. The summed E-state index contributed by atoms with van der Waals surface area (Å²) in [5.41, 5.74) is 0.979. The number of benzene rings is 1. The van der Waals surface area contributed by atoms with Crippen LogP contribution in [0, 0.1) is 0 Å². The molecule has 0 N–H and O–H groups in total. The van der Waals surface area contributed by atoms with E-state index in [-0.39, 0.29) is 5.91 Å². The van der Waals surface area contributed by atoms with Gasteiger partial charge in [0.15, 0.2) is 0 Å². The minimum atomic E-state index is 0.142. The minimum Gasteiger partial charge on any atom is -0.381 e. The summed E-state index contributed by atoms with van der Waals surface area (Å²) >= 11 is 0. The maximum atomic E-state index is 12.2. The van der Waals surface area contributed by atoms with Crippen LogP contribution in [0.2, 0.25) is 0 Å². The van der Waals surface area contributed by atoms with Gasteiger partial charge in [0, 0.05) is 18.8 Å². The lowest BCUT2D eigenvalue weighted by atomic mass is 10.2. The predicted molar refractivity (Wildman–Crippen MR) is 74.8 cm³/mol. The Bertz CT molecular complexity index is 338.